The fraction of sp³-hybridized carbons (Fsp3) is 0.400. The molecular formula is C25H30N4O5. The van der Waals surface area contributed by atoms with E-state index in [4.69, 9.17) is 19.5 Å². The Morgan fingerprint density at radius 3 is 2.82 bits per heavy atom. The SMILES string of the molecule is CC.N#Cc1cc(-c2nc(-c3cccc4c3CCC4NCCO)no2)ccc1OCC(O)CO. The van der Waals surface area contributed by atoms with Gasteiger partial charge in [0, 0.05) is 23.7 Å². The highest BCUT2D eigenvalue weighted by molar-refractivity contribution is 5.67. The highest BCUT2D eigenvalue weighted by atomic mass is 16.5. The fourth-order valence-corrected chi connectivity index (χ4v) is 3.88. The van der Waals surface area contributed by atoms with E-state index < -0.39 is 12.7 Å². The van der Waals surface area contributed by atoms with E-state index in [2.05, 4.69) is 27.6 Å². The second-order valence-corrected chi connectivity index (χ2v) is 7.54. The van der Waals surface area contributed by atoms with Crippen molar-refractivity contribution in [1.29, 1.82) is 5.26 Å². The zero-order chi connectivity index (χ0) is 24.5. The Morgan fingerprint density at radius 1 is 1.26 bits per heavy atom. The van der Waals surface area contributed by atoms with Crippen molar-refractivity contribution in [1.82, 2.24) is 15.5 Å². The van der Waals surface area contributed by atoms with E-state index in [1.165, 1.54) is 11.1 Å². The summed E-state index contributed by atoms with van der Waals surface area (Å²) in [6, 6.07) is 13.1. The summed E-state index contributed by atoms with van der Waals surface area (Å²) in [6.07, 6.45) is 0.795. The molecule has 1 aliphatic rings. The van der Waals surface area contributed by atoms with Gasteiger partial charge in [0.05, 0.1) is 18.8 Å². The van der Waals surface area contributed by atoms with E-state index in [9.17, 15) is 10.4 Å². The number of hydrogen-bond donors (Lipinski definition) is 4. The van der Waals surface area contributed by atoms with Crippen LogP contribution in [0.1, 0.15) is 43.0 Å². The van der Waals surface area contributed by atoms with Crippen LogP contribution < -0.4 is 10.1 Å². The van der Waals surface area contributed by atoms with E-state index in [1.54, 1.807) is 18.2 Å². The average Bonchev–Trinajstić information content (AvgIpc) is 3.54. The number of aliphatic hydroxyl groups is 3. The van der Waals surface area contributed by atoms with Crippen molar-refractivity contribution in [3.63, 3.8) is 0 Å². The van der Waals surface area contributed by atoms with E-state index in [-0.39, 0.29) is 30.7 Å². The molecule has 9 nitrogen and oxygen atoms in total. The third kappa shape index (κ3) is 5.61. The second kappa shape index (κ2) is 12.3. The lowest BCUT2D eigenvalue weighted by atomic mass is 10.0. The van der Waals surface area contributed by atoms with Crippen LogP contribution in [0.15, 0.2) is 40.9 Å². The van der Waals surface area contributed by atoms with Gasteiger partial charge in [0.2, 0.25) is 5.82 Å². The second-order valence-electron chi connectivity index (χ2n) is 7.54. The molecule has 0 amide bonds. The topological polar surface area (TPSA) is 145 Å². The first-order valence-electron chi connectivity index (χ1n) is 11.4. The number of nitrogens with one attached hydrogen (secondary N) is 1. The first-order valence-corrected chi connectivity index (χ1v) is 11.4. The Balaban J connectivity index is 0.00000158. The molecule has 1 heterocycles. The van der Waals surface area contributed by atoms with Crippen molar-refractivity contribution in [2.75, 3.05) is 26.4 Å². The first kappa shape index (κ1) is 25.3. The van der Waals surface area contributed by atoms with Gasteiger partial charge in [-0.3, -0.25) is 0 Å². The molecule has 0 spiro atoms. The molecule has 0 saturated heterocycles. The third-order valence-corrected chi connectivity index (χ3v) is 5.43. The fourth-order valence-electron chi connectivity index (χ4n) is 3.88. The van der Waals surface area contributed by atoms with Crippen molar-refractivity contribution in [3.8, 4) is 34.7 Å². The van der Waals surface area contributed by atoms with Crippen molar-refractivity contribution in [2.45, 2.75) is 38.8 Å². The summed E-state index contributed by atoms with van der Waals surface area (Å²) < 4.78 is 10.9. The number of benzene rings is 2. The molecule has 0 saturated carbocycles. The summed E-state index contributed by atoms with van der Waals surface area (Å²) in [7, 11) is 0. The van der Waals surface area contributed by atoms with Crippen LogP contribution in [0.2, 0.25) is 0 Å². The van der Waals surface area contributed by atoms with E-state index in [0.717, 1.165) is 18.4 Å². The van der Waals surface area contributed by atoms with Crippen LogP contribution in [0.4, 0.5) is 0 Å². The van der Waals surface area contributed by atoms with Crippen molar-refractivity contribution in [3.05, 3.63) is 53.1 Å². The lowest BCUT2D eigenvalue weighted by Gasteiger charge is -2.13. The summed E-state index contributed by atoms with van der Waals surface area (Å²) in [5, 5.41) is 44.4. The molecular weight excluding hydrogens is 436 g/mol. The minimum absolute atomic E-state index is 0.0935. The number of nitriles is 1. The highest BCUT2D eigenvalue weighted by Gasteiger charge is 2.26. The normalized spacial score (nSPS) is 15.1. The Morgan fingerprint density at radius 2 is 2.09 bits per heavy atom. The minimum atomic E-state index is -1.02. The minimum Gasteiger partial charge on any atom is -0.489 e. The van der Waals surface area contributed by atoms with Crippen LogP contribution in [0, 0.1) is 11.3 Å². The molecule has 3 aromatic rings. The molecule has 34 heavy (non-hydrogen) atoms. The largest absolute Gasteiger partial charge is 0.489 e. The molecule has 0 radical (unpaired) electrons. The molecule has 2 unspecified atom stereocenters. The van der Waals surface area contributed by atoms with Gasteiger partial charge in [-0.15, -0.1) is 0 Å². The number of ether oxygens (including phenoxy) is 1. The van der Waals surface area contributed by atoms with Gasteiger partial charge in [-0.1, -0.05) is 37.2 Å². The molecule has 9 heteroatoms. The van der Waals surface area contributed by atoms with Gasteiger partial charge >= 0.3 is 0 Å². The van der Waals surface area contributed by atoms with Crippen LogP contribution >= 0.6 is 0 Å². The monoisotopic (exact) mass is 466 g/mol. The van der Waals surface area contributed by atoms with Gasteiger partial charge in [0.15, 0.2) is 0 Å². The molecule has 1 aliphatic carbocycles. The summed E-state index contributed by atoms with van der Waals surface area (Å²) in [5.74, 6) is 1.05. The van der Waals surface area contributed by atoms with Crippen LogP contribution in [0.25, 0.3) is 22.8 Å². The van der Waals surface area contributed by atoms with Crippen LogP contribution in [0.5, 0.6) is 5.75 Å². The zero-order valence-electron chi connectivity index (χ0n) is 19.4. The molecule has 2 aromatic carbocycles. The molecule has 0 bridgehead atoms. The Hall–Kier alpha value is -3.29. The van der Waals surface area contributed by atoms with Gasteiger partial charge in [-0.25, -0.2) is 0 Å². The number of fused-ring (bicyclic) bond motifs is 1. The number of nitrogens with zero attached hydrogens (tertiary/aromatic N) is 3. The quantitative estimate of drug-likeness (QED) is 0.374. The lowest BCUT2D eigenvalue weighted by molar-refractivity contribution is 0.0535. The average molecular weight is 467 g/mol. The predicted molar refractivity (Wildman–Crippen MR) is 126 cm³/mol. The van der Waals surface area contributed by atoms with E-state index in [0.29, 0.717) is 23.7 Å². The number of aliphatic hydroxyl groups excluding tert-OH is 3. The standard InChI is InChI=1S/C23H24N4O5.C2H6/c24-11-15-10-14(4-7-21(15)31-13-16(30)12-29)23-26-22(27-32-23)19-3-1-2-18-17(19)5-6-20(18)25-8-9-28;1-2/h1-4,7,10,16,20,25,28-30H,5-6,8-9,12-13H2;1-2H3. The van der Waals surface area contributed by atoms with Crippen molar-refractivity contribution < 1.29 is 24.6 Å². The Kier molecular flexibility index (Phi) is 9.13. The maximum absolute atomic E-state index is 9.46. The lowest BCUT2D eigenvalue weighted by Crippen LogP contribution is -2.22. The number of aromatic nitrogens is 2. The molecule has 1 aromatic heterocycles. The first-order chi connectivity index (χ1) is 16.6. The smallest absolute Gasteiger partial charge is 0.258 e. The third-order valence-electron chi connectivity index (χ3n) is 5.43. The molecule has 4 rings (SSSR count). The summed E-state index contributed by atoms with van der Waals surface area (Å²) in [4.78, 5) is 4.55. The molecule has 0 fully saturated rings. The van der Waals surface area contributed by atoms with Gasteiger partial charge in [-0.2, -0.15) is 10.2 Å². The van der Waals surface area contributed by atoms with Gasteiger partial charge in [0.1, 0.15) is 24.5 Å². The summed E-state index contributed by atoms with van der Waals surface area (Å²) in [5.41, 5.74) is 4.08. The van der Waals surface area contributed by atoms with Crippen LogP contribution in [0.3, 0.4) is 0 Å². The predicted octanol–water partition coefficient (Wildman–Crippen LogP) is 2.60. The number of hydrogen-bond acceptors (Lipinski definition) is 9. The Bertz CT molecular complexity index is 1120. The number of rotatable bonds is 9. The van der Waals surface area contributed by atoms with Gasteiger partial charge in [-0.05, 0) is 42.2 Å². The summed E-state index contributed by atoms with van der Waals surface area (Å²) in [6.45, 7) is 4.09. The van der Waals surface area contributed by atoms with Crippen molar-refractivity contribution in [2.24, 2.45) is 0 Å². The molecule has 180 valence electrons. The van der Waals surface area contributed by atoms with Crippen LogP contribution in [-0.2, 0) is 6.42 Å². The van der Waals surface area contributed by atoms with Gasteiger partial charge < -0.3 is 29.9 Å². The molecule has 2 atom stereocenters. The zero-order valence-corrected chi connectivity index (χ0v) is 19.4. The van der Waals surface area contributed by atoms with Crippen LogP contribution in [-0.4, -0.2) is 57.9 Å². The summed E-state index contributed by atoms with van der Waals surface area (Å²) >= 11 is 0. The van der Waals surface area contributed by atoms with Gasteiger partial charge in [0.25, 0.3) is 5.89 Å². The van der Waals surface area contributed by atoms with Crippen molar-refractivity contribution >= 4 is 0 Å². The maximum Gasteiger partial charge on any atom is 0.258 e. The molecule has 0 aliphatic heterocycles. The van der Waals surface area contributed by atoms with E-state index >= 15 is 0 Å². The molecule has 4 N–H and O–H groups in total. The highest BCUT2D eigenvalue weighted by Crippen LogP contribution is 2.37. The van der Waals surface area contributed by atoms with E-state index in [1.807, 2.05) is 26.0 Å². The Labute approximate surface area is 198 Å². The maximum atomic E-state index is 9.46.